The number of para-hydroxylation sites is 1. The highest BCUT2D eigenvalue weighted by Gasteiger charge is 2.22. The summed E-state index contributed by atoms with van der Waals surface area (Å²) in [6, 6.07) is 9.25. The van der Waals surface area contributed by atoms with Crippen LogP contribution in [-0.2, 0) is 0 Å². The molecule has 0 unspecified atom stereocenters. The van der Waals surface area contributed by atoms with Gasteiger partial charge in [-0.05, 0) is 43.4 Å². The number of rotatable bonds is 4. The Morgan fingerprint density at radius 1 is 0.909 bits per heavy atom. The zero-order valence-corrected chi connectivity index (χ0v) is 14.3. The molecule has 2 nitrogen and oxygen atoms in total. The van der Waals surface area contributed by atoms with Gasteiger partial charge in [-0.2, -0.15) is 0 Å². The summed E-state index contributed by atoms with van der Waals surface area (Å²) in [6.07, 6.45) is 9.79. The molecule has 1 aliphatic carbocycles. The van der Waals surface area contributed by atoms with E-state index in [0.29, 0.717) is 0 Å². The van der Waals surface area contributed by atoms with Crippen molar-refractivity contribution in [1.29, 1.82) is 0 Å². The average molecular weight is 300 g/mol. The number of benzene rings is 1. The number of hydrogen-bond donors (Lipinski definition) is 0. The number of hydrogen-bond acceptors (Lipinski definition) is 2. The summed E-state index contributed by atoms with van der Waals surface area (Å²) < 4.78 is 0. The SMILES string of the molecule is CCCN1CCN(c2ccccc2C2CCCCCC2)CC1. The van der Waals surface area contributed by atoms with E-state index in [-0.39, 0.29) is 0 Å². The van der Waals surface area contributed by atoms with Crippen LogP contribution in [-0.4, -0.2) is 37.6 Å². The van der Waals surface area contributed by atoms with E-state index in [2.05, 4.69) is 41.0 Å². The summed E-state index contributed by atoms with van der Waals surface area (Å²) in [7, 11) is 0. The fourth-order valence-electron chi connectivity index (χ4n) is 4.24. The van der Waals surface area contributed by atoms with E-state index in [9.17, 15) is 0 Å². The van der Waals surface area contributed by atoms with Gasteiger partial charge in [0.05, 0.1) is 0 Å². The molecule has 122 valence electrons. The van der Waals surface area contributed by atoms with Crippen LogP contribution in [0.25, 0.3) is 0 Å². The van der Waals surface area contributed by atoms with Crippen molar-refractivity contribution in [3.63, 3.8) is 0 Å². The Labute approximate surface area is 136 Å². The molecule has 1 saturated heterocycles. The van der Waals surface area contributed by atoms with Gasteiger partial charge in [0.2, 0.25) is 0 Å². The molecule has 1 saturated carbocycles. The van der Waals surface area contributed by atoms with Gasteiger partial charge in [-0.3, -0.25) is 4.90 Å². The maximum absolute atomic E-state index is 2.65. The van der Waals surface area contributed by atoms with Crippen LogP contribution in [0.3, 0.4) is 0 Å². The first-order valence-corrected chi connectivity index (χ1v) is 9.44. The molecule has 22 heavy (non-hydrogen) atoms. The summed E-state index contributed by atoms with van der Waals surface area (Å²) >= 11 is 0. The lowest BCUT2D eigenvalue weighted by Crippen LogP contribution is -2.46. The third-order valence-electron chi connectivity index (χ3n) is 5.48. The normalized spacial score (nSPS) is 21.8. The number of piperazine rings is 1. The summed E-state index contributed by atoms with van der Waals surface area (Å²) in [5.41, 5.74) is 3.17. The van der Waals surface area contributed by atoms with Gasteiger partial charge in [-0.15, -0.1) is 0 Å². The zero-order chi connectivity index (χ0) is 15.2. The summed E-state index contributed by atoms with van der Waals surface area (Å²) in [4.78, 5) is 5.26. The van der Waals surface area contributed by atoms with Crippen LogP contribution < -0.4 is 4.90 Å². The molecule has 0 amide bonds. The molecule has 2 heteroatoms. The number of anilines is 1. The summed E-state index contributed by atoms with van der Waals surface area (Å²) in [5.74, 6) is 0.798. The molecule has 1 aliphatic heterocycles. The third kappa shape index (κ3) is 3.84. The highest BCUT2D eigenvalue weighted by atomic mass is 15.3. The van der Waals surface area contributed by atoms with E-state index >= 15 is 0 Å². The van der Waals surface area contributed by atoms with Gasteiger partial charge in [0.1, 0.15) is 0 Å². The highest BCUT2D eigenvalue weighted by Crippen LogP contribution is 2.37. The van der Waals surface area contributed by atoms with Crippen LogP contribution in [0.2, 0.25) is 0 Å². The van der Waals surface area contributed by atoms with E-state index in [1.165, 1.54) is 83.4 Å². The van der Waals surface area contributed by atoms with Gasteiger partial charge in [-0.25, -0.2) is 0 Å². The maximum Gasteiger partial charge on any atom is 0.0402 e. The van der Waals surface area contributed by atoms with Gasteiger partial charge >= 0.3 is 0 Å². The average Bonchev–Trinajstić information content (AvgIpc) is 2.85. The minimum absolute atomic E-state index is 0.798. The van der Waals surface area contributed by atoms with Gasteiger partial charge in [0.25, 0.3) is 0 Å². The standard InChI is InChI=1S/C20H32N2/c1-2-13-21-14-16-22(17-15-21)20-12-8-7-11-19(20)18-9-5-3-4-6-10-18/h7-8,11-12,18H,2-6,9-10,13-17H2,1H3. The zero-order valence-electron chi connectivity index (χ0n) is 14.3. The van der Waals surface area contributed by atoms with E-state index in [0.717, 1.165) is 5.92 Å². The minimum Gasteiger partial charge on any atom is -0.369 e. The lowest BCUT2D eigenvalue weighted by molar-refractivity contribution is 0.258. The monoisotopic (exact) mass is 300 g/mol. The Balaban J connectivity index is 1.71. The van der Waals surface area contributed by atoms with Crippen molar-refractivity contribution in [3.05, 3.63) is 29.8 Å². The molecule has 1 heterocycles. The predicted molar refractivity (Wildman–Crippen MR) is 95.8 cm³/mol. The van der Waals surface area contributed by atoms with Crippen LogP contribution in [0.1, 0.15) is 63.4 Å². The van der Waals surface area contributed by atoms with Crippen molar-refractivity contribution < 1.29 is 0 Å². The number of nitrogens with zero attached hydrogens (tertiary/aromatic N) is 2. The highest BCUT2D eigenvalue weighted by molar-refractivity contribution is 5.55. The summed E-state index contributed by atoms with van der Waals surface area (Å²) in [6.45, 7) is 8.40. The van der Waals surface area contributed by atoms with Crippen LogP contribution in [0, 0.1) is 0 Å². The molecular weight excluding hydrogens is 268 g/mol. The molecule has 0 aromatic heterocycles. The van der Waals surface area contributed by atoms with Crippen molar-refractivity contribution >= 4 is 5.69 Å². The van der Waals surface area contributed by atoms with E-state index in [4.69, 9.17) is 0 Å². The smallest absolute Gasteiger partial charge is 0.0402 e. The maximum atomic E-state index is 2.65. The molecule has 0 atom stereocenters. The van der Waals surface area contributed by atoms with Crippen molar-refractivity contribution in [3.8, 4) is 0 Å². The second-order valence-corrected chi connectivity index (χ2v) is 7.08. The first-order chi connectivity index (χ1) is 10.9. The van der Waals surface area contributed by atoms with Gasteiger partial charge in [-0.1, -0.05) is 50.8 Å². The molecule has 3 rings (SSSR count). The second-order valence-electron chi connectivity index (χ2n) is 7.08. The Bertz CT molecular complexity index is 441. The fourth-order valence-corrected chi connectivity index (χ4v) is 4.24. The molecule has 2 fully saturated rings. The molecule has 0 radical (unpaired) electrons. The van der Waals surface area contributed by atoms with Crippen LogP contribution in [0.5, 0.6) is 0 Å². The molecular formula is C20H32N2. The summed E-state index contributed by atoms with van der Waals surface area (Å²) in [5, 5.41) is 0. The van der Waals surface area contributed by atoms with Gasteiger partial charge in [0, 0.05) is 31.9 Å². The minimum atomic E-state index is 0.798. The van der Waals surface area contributed by atoms with Crippen molar-refractivity contribution in [1.82, 2.24) is 4.90 Å². The van der Waals surface area contributed by atoms with E-state index in [1.54, 1.807) is 5.56 Å². The van der Waals surface area contributed by atoms with Gasteiger partial charge < -0.3 is 4.90 Å². The Kier molecular flexibility index (Phi) is 5.77. The molecule has 1 aromatic carbocycles. The van der Waals surface area contributed by atoms with E-state index in [1.807, 2.05) is 0 Å². The first kappa shape index (κ1) is 15.9. The van der Waals surface area contributed by atoms with Crippen molar-refractivity contribution in [2.45, 2.75) is 57.8 Å². The Morgan fingerprint density at radius 2 is 1.59 bits per heavy atom. The largest absolute Gasteiger partial charge is 0.369 e. The van der Waals surface area contributed by atoms with Gasteiger partial charge in [0.15, 0.2) is 0 Å². The van der Waals surface area contributed by atoms with Crippen LogP contribution in [0.4, 0.5) is 5.69 Å². The fraction of sp³-hybridized carbons (Fsp3) is 0.700. The third-order valence-corrected chi connectivity index (χ3v) is 5.48. The Morgan fingerprint density at radius 3 is 2.27 bits per heavy atom. The lowest BCUT2D eigenvalue weighted by atomic mass is 9.90. The Hall–Kier alpha value is -1.02. The molecule has 0 bridgehead atoms. The molecule has 2 aliphatic rings. The van der Waals surface area contributed by atoms with Crippen LogP contribution >= 0.6 is 0 Å². The lowest BCUT2D eigenvalue weighted by Gasteiger charge is -2.37. The topological polar surface area (TPSA) is 6.48 Å². The van der Waals surface area contributed by atoms with E-state index < -0.39 is 0 Å². The molecule has 0 N–H and O–H groups in total. The second kappa shape index (κ2) is 8.01. The predicted octanol–water partition coefficient (Wildman–Crippen LogP) is 4.66. The molecule has 0 spiro atoms. The molecule has 1 aromatic rings. The van der Waals surface area contributed by atoms with Crippen LogP contribution in [0.15, 0.2) is 24.3 Å². The quantitative estimate of drug-likeness (QED) is 0.746. The first-order valence-electron chi connectivity index (χ1n) is 9.44. The van der Waals surface area contributed by atoms with Crippen molar-refractivity contribution in [2.75, 3.05) is 37.6 Å². The van der Waals surface area contributed by atoms with Crippen molar-refractivity contribution in [2.24, 2.45) is 0 Å².